The van der Waals surface area contributed by atoms with Crippen molar-refractivity contribution in [2.45, 2.75) is 18.9 Å². The summed E-state index contributed by atoms with van der Waals surface area (Å²) in [6.45, 7) is -0.523. The molecule has 1 saturated heterocycles. The molecule has 2 N–H and O–H groups in total. The summed E-state index contributed by atoms with van der Waals surface area (Å²) in [5.74, 6) is -1.73. The summed E-state index contributed by atoms with van der Waals surface area (Å²) in [6, 6.07) is 7.27. The number of nitrogens with one attached hydrogen (secondary N) is 2. The molecule has 0 aliphatic carbocycles. The number of rotatable bonds is 9. The van der Waals surface area contributed by atoms with Crippen molar-refractivity contribution in [2.24, 2.45) is 7.05 Å². The SMILES string of the molecule is COC(=O)c1csc(NC(=O)[C@H](Cc2cn(C)cn2)[N+]2(C3=C(Cc4ccccc4)OCO3)C(=O)CNC2=O)n1. The quantitative estimate of drug-likeness (QED) is 0.229. The van der Waals surface area contributed by atoms with Crippen LogP contribution in [0.2, 0.25) is 0 Å². The smallest absolute Gasteiger partial charge is 0.433 e. The number of thiazole rings is 1. The van der Waals surface area contributed by atoms with Crippen molar-refractivity contribution in [1.29, 1.82) is 0 Å². The van der Waals surface area contributed by atoms with Crippen molar-refractivity contribution in [1.82, 2.24) is 19.9 Å². The van der Waals surface area contributed by atoms with E-state index in [9.17, 15) is 19.2 Å². The second-order valence-corrected chi connectivity index (χ2v) is 9.70. The Labute approximate surface area is 226 Å². The van der Waals surface area contributed by atoms with Crippen LogP contribution in [0.5, 0.6) is 0 Å². The molecule has 14 heteroatoms. The summed E-state index contributed by atoms with van der Waals surface area (Å²) in [7, 11) is 2.99. The third-order valence-corrected chi connectivity index (χ3v) is 7.12. The highest BCUT2D eigenvalue weighted by atomic mass is 32.1. The molecule has 0 radical (unpaired) electrons. The van der Waals surface area contributed by atoms with E-state index in [0.717, 1.165) is 16.9 Å². The summed E-state index contributed by atoms with van der Waals surface area (Å²) in [4.78, 5) is 61.5. The number of urea groups is 1. The number of esters is 1. The Morgan fingerprint density at radius 2 is 2.05 bits per heavy atom. The number of aromatic nitrogens is 3. The first-order valence-corrected chi connectivity index (χ1v) is 12.8. The second kappa shape index (κ2) is 10.7. The molecule has 0 spiro atoms. The van der Waals surface area contributed by atoms with Crippen LogP contribution in [-0.4, -0.2) is 69.3 Å². The van der Waals surface area contributed by atoms with Gasteiger partial charge in [0.1, 0.15) is 6.54 Å². The Kier molecular flexibility index (Phi) is 7.13. The first-order chi connectivity index (χ1) is 18.8. The molecule has 202 valence electrons. The van der Waals surface area contributed by atoms with E-state index in [4.69, 9.17) is 9.47 Å². The van der Waals surface area contributed by atoms with Gasteiger partial charge in [0, 0.05) is 25.0 Å². The maximum Gasteiger partial charge on any atom is 0.433 e. The molecule has 5 rings (SSSR count). The summed E-state index contributed by atoms with van der Waals surface area (Å²) in [5.41, 5.74) is 1.35. The first-order valence-electron chi connectivity index (χ1n) is 11.9. The zero-order chi connectivity index (χ0) is 27.6. The average Bonchev–Trinajstić information content (AvgIpc) is 3.73. The monoisotopic (exact) mass is 553 g/mol. The van der Waals surface area contributed by atoms with Crippen LogP contribution in [0.3, 0.4) is 0 Å². The molecule has 2 aromatic heterocycles. The predicted octanol–water partition coefficient (Wildman–Crippen LogP) is 1.70. The number of benzene rings is 1. The Balaban J connectivity index is 1.59. The van der Waals surface area contributed by atoms with Crippen LogP contribution in [0.4, 0.5) is 9.93 Å². The van der Waals surface area contributed by atoms with Crippen molar-refractivity contribution in [3.8, 4) is 0 Å². The highest BCUT2D eigenvalue weighted by Crippen LogP contribution is 2.37. The number of anilines is 1. The van der Waals surface area contributed by atoms with Gasteiger partial charge in [0.05, 0.1) is 25.6 Å². The van der Waals surface area contributed by atoms with E-state index >= 15 is 0 Å². The third kappa shape index (κ3) is 4.86. The second-order valence-electron chi connectivity index (χ2n) is 8.84. The van der Waals surface area contributed by atoms with Gasteiger partial charge in [-0.1, -0.05) is 34.8 Å². The van der Waals surface area contributed by atoms with Crippen molar-refractivity contribution in [3.05, 3.63) is 76.8 Å². The lowest BCUT2D eigenvalue weighted by Gasteiger charge is -2.32. The number of imide groups is 1. The van der Waals surface area contributed by atoms with E-state index in [-0.39, 0.29) is 48.6 Å². The number of hydrogen-bond acceptors (Lipinski definition) is 10. The lowest BCUT2D eigenvalue weighted by atomic mass is 10.0. The first kappa shape index (κ1) is 26.1. The highest BCUT2D eigenvalue weighted by molar-refractivity contribution is 7.14. The van der Waals surface area contributed by atoms with Gasteiger partial charge in [-0.2, -0.15) is 0 Å². The van der Waals surface area contributed by atoms with Gasteiger partial charge in [-0.15, -0.1) is 11.3 Å². The van der Waals surface area contributed by atoms with Gasteiger partial charge in [-0.3, -0.25) is 15.4 Å². The van der Waals surface area contributed by atoms with Crippen LogP contribution in [0.15, 0.2) is 59.9 Å². The van der Waals surface area contributed by atoms with Gasteiger partial charge in [-0.25, -0.2) is 24.4 Å². The van der Waals surface area contributed by atoms with Crippen molar-refractivity contribution < 1.29 is 37.9 Å². The Hall–Kier alpha value is -4.56. The normalized spacial score (nSPS) is 19.3. The van der Waals surface area contributed by atoms with Crippen LogP contribution in [0.25, 0.3) is 0 Å². The molecule has 3 aromatic rings. The zero-order valence-electron chi connectivity index (χ0n) is 21.1. The summed E-state index contributed by atoms with van der Waals surface area (Å²) in [5, 5.41) is 6.76. The summed E-state index contributed by atoms with van der Waals surface area (Å²) in [6.07, 6.45) is 3.40. The van der Waals surface area contributed by atoms with E-state index in [1.165, 1.54) is 12.5 Å². The molecule has 2 atom stereocenters. The number of aryl methyl sites for hydroxylation is 1. The molecule has 4 heterocycles. The molecule has 1 aromatic carbocycles. The fourth-order valence-electron chi connectivity index (χ4n) is 4.58. The van der Waals surface area contributed by atoms with Gasteiger partial charge < -0.3 is 18.8 Å². The minimum atomic E-state index is -1.34. The van der Waals surface area contributed by atoms with Gasteiger partial charge in [0.15, 0.2) is 16.9 Å². The average molecular weight is 554 g/mol. The number of hydrogen-bond donors (Lipinski definition) is 2. The molecule has 2 aliphatic rings. The maximum atomic E-state index is 13.9. The van der Waals surface area contributed by atoms with E-state index in [1.54, 1.807) is 24.1 Å². The van der Waals surface area contributed by atoms with E-state index < -0.39 is 34.3 Å². The standard InChI is InChI=1S/C25H24N6O7S/c1-30-11-16(27-13-30)9-18(21(33)29-24-28-17(12-39-24)23(34)36-2)31(20(32)10-26-25(31)35)22-19(37-14-38-22)8-15-6-4-3-5-7-15/h3-7,11-13,18H,8-10,14H2,1-2H3,(H-,26,28,29,33,35)/p+1/t18-,31?/m0/s1. The lowest BCUT2D eigenvalue weighted by molar-refractivity contribution is -0.763. The Bertz CT molecular complexity index is 1450. The van der Waals surface area contributed by atoms with Gasteiger partial charge in [0.2, 0.25) is 12.6 Å². The highest BCUT2D eigenvalue weighted by Gasteiger charge is 2.65. The molecule has 1 unspecified atom stereocenters. The number of carbonyl (C=O) groups is 4. The number of methoxy groups -OCH3 is 1. The fourth-order valence-corrected chi connectivity index (χ4v) is 5.26. The maximum absolute atomic E-state index is 13.9. The molecule has 0 saturated carbocycles. The summed E-state index contributed by atoms with van der Waals surface area (Å²) < 4.78 is 16.9. The van der Waals surface area contributed by atoms with Crippen molar-refractivity contribution in [2.75, 3.05) is 25.8 Å². The number of imidazole rings is 1. The number of carbonyl (C=O) groups excluding carboxylic acids is 4. The van der Waals surface area contributed by atoms with Crippen LogP contribution in [-0.2, 0) is 43.7 Å². The molecular weight excluding hydrogens is 528 g/mol. The fraction of sp³-hybridized carbons (Fsp3) is 0.280. The minimum absolute atomic E-state index is 0.0124. The number of allylic oxidation sites excluding steroid dienone is 1. The Morgan fingerprint density at radius 3 is 2.72 bits per heavy atom. The van der Waals surface area contributed by atoms with Gasteiger partial charge in [-0.05, 0) is 5.56 Å². The molecule has 0 bridgehead atoms. The summed E-state index contributed by atoms with van der Waals surface area (Å²) >= 11 is 1.00. The van der Waals surface area contributed by atoms with Crippen molar-refractivity contribution in [3.63, 3.8) is 0 Å². The van der Waals surface area contributed by atoms with Crippen LogP contribution in [0, 0.1) is 0 Å². The van der Waals surface area contributed by atoms with Crippen LogP contribution < -0.4 is 10.6 Å². The third-order valence-electron chi connectivity index (χ3n) is 6.36. The lowest BCUT2D eigenvalue weighted by Crippen LogP contribution is -2.64. The van der Waals surface area contributed by atoms with E-state index in [2.05, 4.69) is 25.3 Å². The molecule has 4 amide bonds. The van der Waals surface area contributed by atoms with Crippen LogP contribution >= 0.6 is 11.3 Å². The topological polar surface area (TPSA) is 151 Å². The molecule has 13 nitrogen and oxygen atoms in total. The van der Waals surface area contributed by atoms with Gasteiger partial charge >= 0.3 is 23.8 Å². The van der Waals surface area contributed by atoms with E-state index in [0.29, 0.717) is 5.69 Å². The molecule has 39 heavy (non-hydrogen) atoms. The number of nitrogens with zero attached hydrogens (tertiary/aromatic N) is 4. The molecule has 2 aliphatic heterocycles. The number of ether oxygens (including phenoxy) is 3. The van der Waals surface area contributed by atoms with Crippen LogP contribution in [0.1, 0.15) is 21.7 Å². The largest absolute Gasteiger partial charge is 0.464 e. The molecule has 1 fully saturated rings. The number of amides is 4. The number of quaternary nitrogens is 1. The van der Waals surface area contributed by atoms with E-state index in [1.807, 2.05) is 30.3 Å². The zero-order valence-corrected chi connectivity index (χ0v) is 21.9. The predicted molar refractivity (Wildman–Crippen MR) is 136 cm³/mol. The van der Waals surface area contributed by atoms with Crippen molar-refractivity contribution >= 4 is 40.3 Å². The van der Waals surface area contributed by atoms with Gasteiger partial charge in [0.25, 0.3) is 5.91 Å². The minimum Gasteiger partial charge on any atom is -0.464 e. The Morgan fingerprint density at radius 1 is 1.26 bits per heavy atom. The molecular formula is C25H25N6O7S+.